The smallest absolute Gasteiger partial charge is 0.226 e. The van der Waals surface area contributed by atoms with Gasteiger partial charge in [-0.15, -0.1) is 0 Å². The minimum absolute atomic E-state index is 0.00265. The van der Waals surface area contributed by atoms with Crippen LogP contribution in [0.1, 0.15) is 51.5 Å². The van der Waals surface area contributed by atoms with E-state index in [2.05, 4.69) is 17.6 Å². The second kappa shape index (κ2) is 11.2. The van der Waals surface area contributed by atoms with Gasteiger partial charge in [-0.05, 0) is 56.3 Å². The first-order valence-corrected chi connectivity index (χ1v) is 11.8. The lowest BCUT2D eigenvalue weighted by molar-refractivity contribution is -0.133. The van der Waals surface area contributed by atoms with Crippen LogP contribution in [-0.4, -0.2) is 59.6 Å². The molecule has 3 N–H and O–H groups in total. The molecule has 8 heteroatoms. The number of unbranched alkanes of at least 4 members (excludes halogenated alkanes) is 1. The molecular weight excluding hydrogens is 416 g/mol. The largest absolute Gasteiger partial charge is 0.389 e. The first kappa shape index (κ1) is 24.6. The molecule has 178 valence electrons. The molecule has 1 aromatic rings. The fourth-order valence-electron chi connectivity index (χ4n) is 4.95. The lowest BCUT2D eigenvalue weighted by Crippen LogP contribution is -2.54. The van der Waals surface area contributed by atoms with E-state index in [4.69, 9.17) is 0 Å². The number of halogens is 2. The highest BCUT2D eigenvalue weighted by Crippen LogP contribution is 2.29. The number of hydrogen-bond acceptors (Lipinski definition) is 4. The number of carbonyl (C=O) groups is 2. The van der Waals surface area contributed by atoms with Crippen LogP contribution in [0, 0.1) is 23.5 Å². The molecule has 2 saturated heterocycles. The number of amides is 2. The summed E-state index contributed by atoms with van der Waals surface area (Å²) >= 11 is 0. The van der Waals surface area contributed by atoms with Crippen molar-refractivity contribution in [3.63, 3.8) is 0 Å². The van der Waals surface area contributed by atoms with Gasteiger partial charge in [0.2, 0.25) is 11.8 Å². The molecule has 2 fully saturated rings. The SMILES string of the molecule is CCCCN1C[C@@H](C(=O)N[C@@H](Cc2cc(F)cc(F)c2)[C@H](O)[C@H]2CCCN2)[C@H](CC)C1=O. The number of rotatable bonds is 10. The number of aliphatic hydroxyl groups is 1. The highest BCUT2D eigenvalue weighted by molar-refractivity contribution is 5.91. The first-order chi connectivity index (χ1) is 15.3. The van der Waals surface area contributed by atoms with Crippen molar-refractivity contribution < 1.29 is 23.5 Å². The molecule has 1 aromatic carbocycles. The van der Waals surface area contributed by atoms with Crippen molar-refractivity contribution in [3.05, 3.63) is 35.4 Å². The minimum Gasteiger partial charge on any atom is -0.389 e. The molecule has 2 aliphatic heterocycles. The average Bonchev–Trinajstić information content (AvgIpc) is 3.38. The number of nitrogens with zero attached hydrogens (tertiary/aromatic N) is 1. The van der Waals surface area contributed by atoms with Crippen molar-refractivity contribution in [3.8, 4) is 0 Å². The molecule has 5 atom stereocenters. The van der Waals surface area contributed by atoms with Gasteiger partial charge in [-0.25, -0.2) is 8.78 Å². The Morgan fingerprint density at radius 1 is 1.28 bits per heavy atom. The van der Waals surface area contributed by atoms with Gasteiger partial charge in [-0.2, -0.15) is 0 Å². The van der Waals surface area contributed by atoms with Gasteiger partial charge >= 0.3 is 0 Å². The Morgan fingerprint density at radius 3 is 2.59 bits per heavy atom. The predicted molar refractivity (Wildman–Crippen MR) is 118 cm³/mol. The maximum atomic E-state index is 13.7. The van der Waals surface area contributed by atoms with Crippen LogP contribution in [0.5, 0.6) is 0 Å². The van der Waals surface area contributed by atoms with Gasteiger partial charge in [0, 0.05) is 25.2 Å². The van der Waals surface area contributed by atoms with Gasteiger partial charge in [0.05, 0.1) is 24.0 Å². The fraction of sp³-hybridized carbons (Fsp3) is 0.667. The van der Waals surface area contributed by atoms with Crippen LogP contribution in [0.3, 0.4) is 0 Å². The summed E-state index contributed by atoms with van der Waals surface area (Å²) < 4.78 is 27.5. The van der Waals surface area contributed by atoms with E-state index in [1.165, 1.54) is 12.1 Å². The normalized spacial score (nSPS) is 25.2. The Labute approximate surface area is 188 Å². The monoisotopic (exact) mass is 451 g/mol. The number of likely N-dealkylation sites (tertiary alicyclic amines) is 1. The predicted octanol–water partition coefficient (Wildman–Crippen LogP) is 2.39. The molecule has 2 amide bonds. The van der Waals surface area contributed by atoms with Gasteiger partial charge in [0.1, 0.15) is 11.6 Å². The van der Waals surface area contributed by atoms with Crippen LogP contribution in [0.15, 0.2) is 18.2 Å². The standard InChI is InChI=1S/C24H35F2N3O3/c1-3-5-9-29-14-19(18(4-2)24(29)32)23(31)28-21(22(30)20-7-6-8-27-20)12-15-10-16(25)13-17(26)11-15/h10-11,13,18-22,27,30H,3-9,12,14H2,1-2H3,(H,28,31)/t18-,19+,20+,21-,22+/m0/s1. The molecule has 0 bridgehead atoms. The van der Waals surface area contributed by atoms with E-state index < -0.39 is 29.7 Å². The Kier molecular flexibility index (Phi) is 8.59. The van der Waals surface area contributed by atoms with Crippen molar-refractivity contribution in [1.82, 2.24) is 15.5 Å². The number of benzene rings is 1. The average molecular weight is 452 g/mol. The number of nitrogens with one attached hydrogen (secondary N) is 2. The molecule has 0 spiro atoms. The molecule has 0 aliphatic carbocycles. The van der Waals surface area contributed by atoms with Crippen LogP contribution in [0.25, 0.3) is 0 Å². The molecule has 2 aliphatic rings. The summed E-state index contributed by atoms with van der Waals surface area (Å²) in [5.74, 6) is -2.57. The molecule has 3 rings (SSSR count). The number of aliphatic hydroxyl groups excluding tert-OH is 1. The van der Waals surface area contributed by atoms with E-state index in [9.17, 15) is 23.5 Å². The maximum Gasteiger partial charge on any atom is 0.226 e. The van der Waals surface area contributed by atoms with Gasteiger partial charge in [-0.3, -0.25) is 9.59 Å². The topological polar surface area (TPSA) is 81.7 Å². The van der Waals surface area contributed by atoms with Crippen LogP contribution in [0.2, 0.25) is 0 Å². The van der Waals surface area contributed by atoms with Crippen molar-refractivity contribution in [2.75, 3.05) is 19.6 Å². The molecule has 0 radical (unpaired) electrons. The number of carbonyl (C=O) groups excluding carboxylic acids is 2. The van der Waals surface area contributed by atoms with E-state index in [0.717, 1.165) is 38.3 Å². The molecular formula is C24H35F2N3O3. The van der Waals surface area contributed by atoms with Crippen LogP contribution < -0.4 is 10.6 Å². The Hall–Kier alpha value is -2.06. The summed E-state index contributed by atoms with van der Waals surface area (Å²) in [6, 6.07) is 2.31. The summed E-state index contributed by atoms with van der Waals surface area (Å²) in [5.41, 5.74) is 0.365. The van der Waals surface area contributed by atoms with Gasteiger partial charge in [0.25, 0.3) is 0 Å². The lowest BCUT2D eigenvalue weighted by atomic mass is 9.90. The van der Waals surface area contributed by atoms with E-state index in [1.54, 1.807) is 4.90 Å². The Morgan fingerprint density at radius 2 is 2.00 bits per heavy atom. The lowest BCUT2D eigenvalue weighted by Gasteiger charge is -2.30. The quantitative estimate of drug-likeness (QED) is 0.510. The first-order valence-electron chi connectivity index (χ1n) is 11.8. The third kappa shape index (κ3) is 5.84. The third-order valence-corrected chi connectivity index (χ3v) is 6.72. The van der Waals surface area contributed by atoms with Gasteiger partial charge in [0.15, 0.2) is 0 Å². The maximum absolute atomic E-state index is 13.7. The van der Waals surface area contributed by atoms with Gasteiger partial charge in [-0.1, -0.05) is 20.3 Å². The summed E-state index contributed by atoms with van der Waals surface area (Å²) in [6.45, 7) is 5.73. The van der Waals surface area contributed by atoms with E-state index in [-0.39, 0.29) is 30.2 Å². The summed E-state index contributed by atoms with van der Waals surface area (Å²) in [7, 11) is 0. The van der Waals surface area contributed by atoms with Crippen molar-refractivity contribution in [2.45, 2.75) is 70.6 Å². The molecule has 6 nitrogen and oxygen atoms in total. The zero-order valence-electron chi connectivity index (χ0n) is 18.9. The molecule has 32 heavy (non-hydrogen) atoms. The van der Waals surface area contributed by atoms with Crippen molar-refractivity contribution in [2.24, 2.45) is 11.8 Å². The zero-order valence-corrected chi connectivity index (χ0v) is 18.9. The summed E-state index contributed by atoms with van der Waals surface area (Å²) in [5, 5.41) is 17.2. The summed E-state index contributed by atoms with van der Waals surface area (Å²) in [4.78, 5) is 27.8. The second-order valence-electron chi connectivity index (χ2n) is 9.05. The Bertz CT molecular complexity index is 780. The van der Waals surface area contributed by atoms with E-state index in [0.29, 0.717) is 25.1 Å². The molecule has 0 unspecified atom stereocenters. The second-order valence-corrected chi connectivity index (χ2v) is 9.05. The highest BCUT2D eigenvalue weighted by atomic mass is 19.1. The third-order valence-electron chi connectivity index (χ3n) is 6.72. The highest BCUT2D eigenvalue weighted by Gasteiger charge is 2.44. The van der Waals surface area contributed by atoms with Crippen LogP contribution in [-0.2, 0) is 16.0 Å². The van der Waals surface area contributed by atoms with Crippen LogP contribution >= 0.6 is 0 Å². The number of hydrogen-bond donors (Lipinski definition) is 3. The minimum atomic E-state index is -0.916. The molecule has 0 saturated carbocycles. The molecule has 2 heterocycles. The van der Waals surface area contributed by atoms with E-state index in [1.807, 2.05) is 6.92 Å². The van der Waals surface area contributed by atoms with Crippen molar-refractivity contribution in [1.29, 1.82) is 0 Å². The summed E-state index contributed by atoms with van der Waals surface area (Å²) in [6.07, 6.45) is 3.26. The van der Waals surface area contributed by atoms with Gasteiger partial charge < -0.3 is 20.6 Å². The zero-order chi connectivity index (χ0) is 23.3. The fourth-order valence-corrected chi connectivity index (χ4v) is 4.95. The van der Waals surface area contributed by atoms with Crippen LogP contribution in [0.4, 0.5) is 8.78 Å². The Balaban J connectivity index is 1.76. The van der Waals surface area contributed by atoms with Crippen molar-refractivity contribution >= 4 is 11.8 Å². The van der Waals surface area contributed by atoms with E-state index >= 15 is 0 Å². The molecule has 0 aromatic heterocycles.